The van der Waals surface area contributed by atoms with Crippen LogP contribution in [0.3, 0.4) is 0 Å². The Morgan fingerprint density at radius 2 is 2.04 bits per heavy atom. The average Bonchev–Trinajstić information content (AvgIpc) is 3.04. The van der Waals surface area contributed by atoms with Crippen LogP contribution in [-0.2, 0) is 24.3 Å². The molecule has 0 aliphatic carbocycles. The molecular weight excluding hydrogens is 438 g/mol. The van der Waals surface area contributed by atoms with Crippen molar-refractivity contribution < 1.29 is 22.7 Å². The fraction of sp³-hybridized carbons (Fsp3) is 0.529. The summed E-state index contributed by atoms with van der Waals surface area (Å²) in [6, 6.07) is 7.34. The maximum absolute atomic E-state index is 12.4. The average molecular weight is 460 g/mol. The van der Waals surface area contributed by atoms with Crippen LogP contribution in [0.5, 0.6) is 0 Å². The third-order valence-electron chi connectivity index (χ3n) is 4.64. The van der Waals surface area contributed by atoms with Crippen LogP contribution in [0.2, 0.25) is 0 Å². The van der Waals surface area contributed by atoms with Gasteiger partial charge in [0.1, 0.15) is 0 Å². The molecule has 148 valence electrons. The maximum atomic E-state index is 12.4. The van der Waals surface area contributed by atoms with Crippen molar-refractivity contribution >= 4 is 43.5 Å². The van der Waals surface area contributed by atoms with E-state index >= 15 is 0 Å². The van der Waals surface area contributed by atoms with Gasteiger partial charge in [-0.2, -0.15) is 4.31 Å². The molecule has 2 fully saturated rings. The number of nitrogens with zero attached hydrogens (tertiary/aromatic N) is 2. The van der Waals surface area contributed by atoms with Crippen molar-refractivity contribution in [2.45, 2.75) is 6.42 Å². The van der Waals surface area contributed by atoms with E-state index in [4.69, 9.17) is 4.74 Å². The minimum atomic E-state index is -3.42. The molecule has 3 rings (SSSR count). The first-order valence-corrected chi connectivity index (χ1v) is 11.2. The molecule has 8 nitrogen and oxygen atoms in total. The lowest BCUT2D eigenvalue weighted by Gasteiger charge is -2.26. The topological polar surface area (TPSA) is 96.0 Å². The van der Waals surface area contributed by atoms with Gasteiger partial charge in [0, 0.05) is 42.8 Å². The van der Waals surface area contributed by atoms with E-state index in [0.29, 0.717) is 26.3 Å². The fourth-order valence-electron chi connectivity index (χ4n) is 3.18. The first-order valence-electron chi connectivity index (χ1n) is 8.76. The number of morpholine rings is 1. The summed E-state index contributed by atoms with van der Waals surface area (Å²) >= 11 is 3.37. The van der Waals surface area contributed by atoms with E-state index in [1.807, 2.05) is 24.3 Å². The summed E-state index contributed by atoms with van der Waals surface area (Å²) in [4.78, 5) is 26.2. The second-order valence-corrected chi connectivity index (χ2v) is 9.51. The quantitative estimate of drug-likeness (QED) is 0.670. The molecule has 0 spiro atoms. The zero-order chi connectivity index (χ0) is 19.4. The number of rotatable bonds is 6. The molecule has 1 atom stereocenters. The number of carbonyl (C=O) groups excluding carboxylic acids is 2. The van der Waals surface area contributed by atoms with E-state index in [9.17, 15) is 18.0 Å². The summed E-state index contributed by atoms with van der Waals surface area (Å²) in [5, 5.41) is 2.66. The summed E-state index contributed by atoms with van der Waals surface area (Å²) in [7, 11) is -3.42. The van der Waals surface area contributed by atoms with Gasteiger partial charge in [0.05, 0.1) is 24.9 Å². The summed E-state index contributed by atoms with van der Waals surface area (Å²) in [5.41, 5.74) is 0.736. The summed E-state index contributed by atoms with van der Waals surface area (Å²) < 4.78 is 31.9. The van der Waals surface area contributed by atoms with Crippen molar-refractivity contribution in [3.05, 3.63) is 28.7 Å². The standard InChI is InChI=1S/C17H22BrN3O5S/c18-14-2-1-3-15(11-14)21-12-13(10-16(21)22)17(23)19-4-9-27(24,25)20-5-7-26-8-6-20/h1-3,11,13H,4-10,12H2,(H,19,23). The number of sulfonamides is 1. The zero-order valence-corrected chi connectivity index (χ0v) is 17.2. The molecule has 1 aromatic carbocycles. The number of carbonyl (C=O) groups is 2. The van der Waals surface area contributed by atoms with Crippen LogP contribution in [0.4, 0.5) is 5.69 Å². The SMILES string of the molecule is O=C(NCCS(=O)(=O)N1CCOCC1)C1CC(=O)N(c2cccc(Br)c2)C1. The highest BCUT2D eigenvalue weighted by molar-refractivity contribution is 9.10. The molecule has 1 unspecified atom stereocenters. The van der Waals surface area contributed by atoms with Gasteiger partial charge in [-0.15, -0.1) is 0 Å². The van der Waals surface area contributed by atoms with Gasteiger partial charge in [-0.05, 0) is 18.2 Å². The predicted molar refractivity (Wildman–Crippen MR) is 104 cm³/mol. The molecule has 2 heterocycles. The number of hydrogen-bond donors (Lipinski definition) is 1. The highest BCUT2D eigenvalue weighted by Gasteiger charge is 2.35. The Morgan fingerprint density at radius 3 is 2.74 bits per heavy atom. The normalized spacial score (nSPS) is 21.4. The Kier molecular flexibility index (Phi) is 6.51. The van der Waals surface area contributed by atoms with E-state index in [2.05, 4.69) is 21.2 Å². The van der Waals surface area contributed by atoms with Crippen LogP contribution in [-0.4, -0.2) is 69.7 Å². The van der Waals surface area contributed by atoms with Crippen LogP contribution >= 0.6 is 15.9 Å². The van der Waals surface area contributed by atoms with Crippen molar-refractivity contribution in [1.82, 2.24) is 9.62 Å². The second-order valence-electron chi connectivity index (χ2n) is 6.50. The predicted octanol–water partition coefficient (Wildman–Crippen LogP) is 0.580. The molecular formula is C17H22BrN3O5S. The number of amides is 2. The van der Waals surface area contributed by atoms with Gasteiger partial charge in [-0.25, -0.2) is 8.42 Å². The molecule has 0 saturated carbocycles. The third kappa shape index (κ3) is 5.07. The molecule has 10 heteroatoms. The lowest BCUT2D eigenvalue weighted by Crippen LogP contribution is -2.44. The molecule has 1 N–H and O–H groups in total. The summed E-state index contributed by atoms with van der Waals surface area (Å²) in [6.45, 7) is 1.78. The highest BCUT2D eigenvalue weighted by Crippen LogP contribution is 2.27. The number of anilines is 1. The third-order valence-corrected chi connectivity index (χ3v) is 7.00. The van der Waals surface area contributed by atoms with Crippen molar-refractivity contribution in [1.29, 1.82) is 0 Å². The maximum Gasteiger partial charge on any atom is 0.227 e. The van der Waals surface area contributed by atoms with Crippen LogP contribution < -0.4 is 10.2 Å². The molecule has 27 heavy (non-hydrogen) atoms. The van der Waals surface area contributed by atoms with Crippen LogP contribution in [0, 0.1) is 5.92 Å². The molecule has 1 aromatic rings. The van der Waals surface area contributed by atoms with Gasteiger partial charge in [0.2, 0.25) is 21.8 Å². The van der Waals surface area contributed by atoms with E-state index in [0.717, 1.165) is 10.2 Å². The summed E-state index contributed by atoms with van der Waals surface area (Å²) in [6.07, 6.45) is 0.120. The van der Waals surface area contributed by atoms with Crippen LogP contribution in [0.1, 0.15) is 6.42 Å². The van der Waals surface area contributed by atoms with Crippen molar-refractivity contribution in [3.8, 4) is 0 Å². The lowest BCUT2D eigenvalue weighted by molar-refractivity contribution is -0.126. The highest BCUT2D eigenvalue weighted by atomic mass is 79.9. The molecule has 2 aliphatic rings. The van der Waals surface area contributed by atoms with E-state index in [1.54, 1.807) is 4.90 Å². The van der Waals surface area contributed by atoms with Crippen molar-refractivity contribution in [3.63, 3.8) is 0 Å². The largest absolute Gasteiger partial charge is 0.379 e. The Bertz CT molecular complexity index is 811. The molecule has 0 bridgehead atoms. The van der Waals surface area contributed by atoms with Gasteiger partial charge < -0.3 is 15.0 Å². The molecule has 0 radical (unpaired) electrons. The number of halogens is 1. The van der Waals surface area contributed by atoms with Crippen molar-refractivity contribution in [2.24, 2.45) is 5.92 Å². The molecule has 2 amide bonds. The van der Waals surface area contributed by atoms with E-state index < -0.39 is 15.9 Å². The minimum Gasteiger partial charge on any atom is -0.379 e. The van der Waals surface area contributed by atoms with Gasteiger partial charge >= 0.3 is 0 Å². The molecule has 2 saturated heterocycles. The zero-order valence-electron chi connectivity index (χ0n) is 14.8. The number of nitrogens with one attached hydrogen (secondary N) is 1. The minimum absolute atomic E-state index is 0.0279. The van der Waals surface area contributed by atoms with Gasteiger partial charge in [0.25, 0.3) is 0 Å². The fourth-order valence-corrected chi connectivity index (χ4v) is 4.89. The number of benzene rings is 1. The number of hydrogen-bond acceptors (Lipinski definition) is 5. The van der Waals surface area contributed by atoms with E-state index in [1.165, 1.54) is 4.31 Å². The second kappa shape index (κ2) is 8.68. The lowest BCUT2D eigenvalue weighted by atomic mass is 10.1. The molecule has 0 aromatic heterocycles. The van der Waals surface area contributed by atoms with Gasteiger partial charge in [0.15, 0.2) is 0 Å². The Morgan fingerprint density at radius 1 is 1.30 bits per heavy atom. The smallest absolute Gasteiger partial charge is 0.227 e. The van der Waals surface area contributed by atoms with Crippen LogP contribution in [0.25, 0.3) is 0 Å². The Balaban J connectivity index is 1.51. The van der Waals surface area contributed by atoms with Gasteiger partial charge in [-0.1, -0.05) is 22.0 Å². The first kappa shape index (κ1) is 20.2. The Labute approximate surface area is 167 Å². The van der Waals surface area contributed by atoms with Crippen LogP contribution in [0.15, 0.2) is 28.7 Å². The monoisotopic (exact) mass is 459 g/mol. The van der Waals surface area contributed by atoms with E-state index in [-0.39, 0.29) is 37.1 Å². The summed E-state index contributed by atoms with van der Waals surface area (Å²) in [5.74, 6) is -1.05. The molecule has 2 aliphatic heterocycles. The first-order chi connectivity index (χ1) is 12.9. The Hall–Kier alpha value is -1.49. The number of ether oxygens (including phenoxy) is 1. The van der Waals surface area contributed by atoms with Crippen molar-refractivity contribution in [2.75, 3.05) is 50.0 Å². The van der Waals surface area contributed by atoms with Gasteiger partial charge in [-0.3, -0.25) is 9.59 Å².